The predicted octanol–water partition coefficient (Wildman–Crippen LogP) is 4.69. The number of rotatable bonds is 12. The number of benzene rings is 3. The molecule has 0 bridgehead atoms. The Balaban J connectivity index is 1.69. The van der Waals surface area contributed by atoms with Crippen LogP contribution >= 0.6 is 11.6 Å². The van der Waals surface area contributed by atoms with E-state index < -0.39 is 22.5 Å². The summed E-state index contributed by atoms with van der Waals surface area (Å²) < 4.78 is 39.0. The number of hydrogen-bond acceptors (Lipinski definition) is 5. The van der Waals surface area contributed by atoms with E-state index in [0.717, 1.165) is 10.7 Å². The molecule has 1 amide bonds. The molecule has 0 aliphatic carbocycles. The van der Waals surface area contributed by atoms with Crippen LogP contribution in [0.2, 0.25) is 5.02 Å². The first-order valence-corrected chi connectivity index (χ1v) is 13.1. The van der Waals surface area contributed by atoms with E-state index in [9.17, 15) is 13.2 Å². The van der Waals surface area contributed by atoms with E-state index in [1.54, 1.807) is 24.3 Å². The highest BCUT2D eigenvalue weighted by Crippen LogP contribution is 2.26. The van der Waals surface area contributed by atoms with E-state index in [4.69, 9.17) is 21.1 Å². The Morgan fingerprint density at radius 2 is 1.49 bits per heavy atom. The Morgan fingerprint density at radius 1 is 0.886 bits per heavy atom. The SMILES string of the molecule is CCOc1ccc(N(CC(=O)NCCOc2ccc(CC)cc2)S(=O)(=O)c2ccc(Cl)cc2)cc1. The van der Waals surface area contributed by atoms with Crippen molar-refractivity contribution in [1.82, 2.24) is 5.32 Å². The fourth-order valence-corrected chi connectivity index (χ4v) is 4.84. The molecule has 9 heteroatoms. The molecule has 0 aliphatic rings. The normalized spacial score (nSPS) is 11.1. The molecule has 0 aliphatic heterocycles. The molecular formula is C26H29ClN2O5S. The van der Waals surface area contributed by atoms with Gasteiger partial charge in [0.1, 0.15) is 24.7 Å². The third-order valence-electron chi connectivity index (χ3n) is 5.15. The zero-order valence-corrected chi connectivity index (χ0v) is 21.3. The van der Waals surface area contributed by atoms with Gasteiger partial charge >= 0.3 is 0 Å². The molecule has 0 saturated heterocycles. The molecule has 3 aromatic carbocycles. The Bertz CT molecular complexity index is 1200. The van der Waals surface area contributed by atoms with Crippen LogP contribution in [0, 0.1) is 0 Å². The quantitative estimate of drug-likeness (QED) is 0.353. The van der Waals surface area contributed by atoms with E-state index in [1.807, 2.05) is 31.2 Å². The van der Waals surface area contributed by atoms with E-state index >= 15 is 0 Å². The summed E-state index contributed by atoms with van der Waals surface area (Å²) in [4.78, 5) is 12.7. The smallest absolute Gasteiger partial charge is 0.264 e. The van der Waals surface area contributed by atoms with Gasteiger partial charge in [0, 0.05) is 5.02 Å². The fraction of sp³-hybridized carbons (Fsp3) is 0.269. The first-order chi connectivity index (χ1) is 16.8. The van der Waals surface area contributed by atoms with Crippen LogP contribution in [-0.2, 0) is 21.2 Å². The maximum atomic E-state index is 13.4. The number of nitrogens with one attached hydrogen (secondary N) is 1. The van der Waals surface area contributed by atoms with Gasteiger partial charge < -0.3 is 14.8 Å². The molecular weight excluding hydrogens is 488 g/mol. The number of anilines is 1. The van der Waals surface area contributed by atoms with Gasteiger partial charge in [0.2, 0.25) is 5.91 Å². The minimum absolute atomic E-state index is 0.0300. The second-order valence-electron chi connectivity index (χ2n) is 7.59. The van der Waals surface area contributed by atoms with Crippen molar-refractivity contribution in [2.45, 2.75) is 25.2 Å². The number of hydrogen-bond donors (Lipinski definition) is 1. The van der Waals surface area contributed by atoms with Crippen LogP contribution in [-0.4, -0.2) is 40.6 Å². The topological polar surface area (TPSA) is 84.9 Å². The number of sulfonamides is 1. The summed E-state index contributed by atoms with van der Waals surface area (Å²) in [6, 6.07) is 20.1. The number of nitrogens with zero attached hydrogens (tertiary/aromatic N) is 1. The molecule has 0 heterocycles. The van der Waals surface area contributed by atoms with E-state index in [2.05, 4.69) is 12.2 Å². The Labute approximate surface area is 211 Å². The zero-order chi connectivity index (χ0) is 25.3. The lowest BCUT2D eigenvalue weighted by Gasteiger charge is -2.24. The number of ether oxygens (including phenoxy) is 2. The first-order valence-electron chi connectivity index (χ1n) is 11.3. The van der Waals surface area contributed by atoms with Gasteiger partial charge in [0.25, 0.3) is 10.0 Å². The molecule has 0 aromatic heterocycles. The van der Waals surface area contributed by atoms with Crippen molar-refractivity contribution < 1.29 is 22.7 Å². The number of amides is 1. The summed E-state index contributed by atoms with van der Waals surface area (Å²) in [6.45, 7) is 4.51. The number of halogens is 1. The molecule has 0 spiro atoms. The van der Waals surface area contributed by atoms with Crippen LogP contribution in [0.4, 0.5) is 5.69 Å². The summed E-state index contributed by atoms with van der Waals surface area (Å²) in [5.74, 6) is 0.854. The Kier molecular flexibility index (Phi) is 9.39. The molecule has 1 N–H and O–H groups in total. The van der Waals surface area contributed by atoms with Crippen molar-refractivity contribution in [3.8, 4) is 11.5 Å². The summed E-state index contributed by atoms with van der Waals surface area (Å²) >= 11 is 5.92. The van der Waals surface area contributed by atoms with Crippen LogP contribution in [0.1, 0.15) is 19.4 Å². The Hall–Kier alpha value is -3.23. The van der Waals surface area contributed by atoms with Crippen LogP contribution in [0.3, 0.4) is 0 Å². The van der Waals surface area contributed by atoms with Crippen LogP contribution in [0.25, 0.3) is 0 Å². The van der Waals surface area contributed by atoms with Crippen molar-refractivity contribution in [3.63, 3.8) is 0 Å². The van der Waals surface area contributed by atoms with Crippen molar-refractivity contribution in [2.24, 2.45) is 0 Å². The highest BCUT2D eigenvalue weighted by Gasteiger charge is 2.27. The van der Waals surface area contributed by atoms with Gasteiger partial charge in [-0.1, -0.05) is 30.7 Å². The molecule has 7 nitrogen and oxygen atoms in total. The molecule has 0 unspecified atom stereocenters. The van der Waals surface area contributed by atoms with Gasteiger partial charge in [-0.25, -0.2) is 8.42 Å². The average Bonchev–Trinajstić information content (AvgIpc) is 2.86. The maximum Gasteiger partial charge on any atom is 0.264 e. The fourth-order valence-electron chi connectivity index (χ4n) is 3.29. The number of aryl methyl sites for hydroxylation is 1. The van der Waals surface area contributed by atoms with Crippen LogP contribution in [0.5, 0.6) is 11.5 Å². The van der Waals surface area contributed by atoms with Gasteiger partial charge in [-0.05, 0) is 79.6 Å². The second kappa shape index (κ2) is 12.5. The lowest BCUT2D eigenvalue weighted by atomic mass is 10.2. The van der Waals surface area contributed by atoms with Crippen molar-refractivity contribution in [2.75, 3.05) is 30.6 Å². The monoisotopic (exact) mass is 516 g/mol. The summed E-state index contributed by atoms with van der Waals surface area (Å²) in [7, 11) is -4.03. The van der Waals surface area contributed by atoms with Gasteiger partial charge in [-0.15, -0.1) is 0 Å². The van der Waals surface area contributed by atoms with E-state index in [-0.39, 0.29) is 18.0 Å². The Morgan fingerprint density at radius 3 is 2.09 bits per heavy atom. The minimum Gasteiger partial charge on any atom is -0.494 e. The summed E-state index contributed by atoms with van der Waals surface area (Å²) in [5.41, 5.74) is 1.55. The number of carbonyl (C=O) groups excluding carboxylic acids is 1. The molecule has 186 valence electrons. The highest BCUT2D eigenvalue weighted by molar-refractivity contribution is 7.92. The van der Waals surface area contributed by atoms with Crippen molar-refractivity contribution >= 4 is 33.2 Å². The number of carbonyl (C=O) groups is 1. The van der Waals surface area contributed by atoms with Crippen molar-refractivity contribution in [3.05, 3.63) is 83.4 Å². The standard InChI is InChI=1S/C26H29ClN2O5S/c1-3-20-5-11-24(12-6-20)34-18-17-28-26(30)19-29(22-9-13-23(14-10-22)33-4-2)35(31,32)25-15-7-21(27)8-16-25/h5-16H,3-4,17-19H2,1-2H3,(H,28,30). The molecule has 0 atom stereocenters. The molecule has 0 fully saturated rings. The van der Waals surface area contributed by atoms with Crippen LogP contribution in [0.15, 0.2) is 77.7 Å². The maximum absolute atomic E-state index is 13.4. The molecule has 3 aromatic rings. The minimum atomic E-state index is -4.03. The van der Waals surface area contributed by atoms with Gasteiger partial charge in [-0.3, -0.25) is 9.10 Å². The molecule has 0 radical (unpaired) electrons. The molecule has 0 saturated carbocycles. The van der Waals surface area contributed by atoms with Crippen LogP contribution < -0.4 is 19.1 Å². The third kappa shape index (κ3) is 7.37. The van der Waals surface area contributed by atoms with E-state index in [1.165, 1.54) is 29.8 Å². The second-order valence-corrected chi connectivity index (χ2v) is 9.89. The third-order valence-corrected chi connectivity index (χ3v) is 7.19. The molecule has 35 heavy (non-hydrogen) atoms. The average molecular weight is 517 g/mol. The molecule has 3 rings (SSSR count). The van der Waals surface area contributed by atoms with E-state index in [0.29, 0.717) is 28.8 Å². The van der Waals surface area contributed by atoms with Gasteiger partial charge in [0.15, 0.2) is 0 Å². The lowest BCUT2D eigenvalue weighted by molar-refractivity contribution is -0.119. The predicted molar refractivity (Wildman–Crippen MR) is 138 cm³/mol. The highest BCUT2D eigenvalue weighted by atomic mass is 35.5. The van der Waals surface area contributed by atoms with Gasteiger partial charge in [-0.2, -0.15) is 0 Å². The largest absolute Gasteiger partial charge is 0.494 e. The summed E-state index contributed by atoms with van der Waals surface area (Å²) in [5, 5.41) is 3.14. The van der Waals surface area contributed by atoms with Gasteiger partial charge in [0.05, 0.1) is 23.7 Å². The first kappa shape index (κ1) is 26.4. The summed E-state index contributed by atoms with van der Waals surface area (Å²) in [6.07, 6.45) is 0.945. The zero-order valence-electron chi connectivity index (χ0n) is 19.7. The lowest BCUT2D eigenvalue weighted by Crippen LogP contribution is -2.41. The van der Waals surface area contributed by atoms with Crippen molar-refractivity contribution in [1.29, 1.82) is 0 Å².